The van der Waals surface area contributed by atoms with Crippen molar-refractivity contribution in [2.45, 2.75) is 102 Å². The molecule has 16 nitrogen and oxygen atoms in total. The van der Waals surface area contributed by atoms with Crippen LogP contribution in [-0.4, -0.2) is 99.5 Å². The Balaban J connectivity index is 0.000000145. The molecule has 0 unspecified atom stereocenters. The van der Waals surface area contributed by atoms with Crippen molar-refractivity contribution in [2.75, 3.05) is 33.7 Å². The van der Waals surface area contributed by atoms with Crippen LogP contribution in [0.1, 0.15) is 78.1 Å². The van der Waals surface area contributed by atoms with Gasteiger partial charge in [0.25, 0.3) is 0 Å². The lowest BCUT2D eigenvalue weighted by molar-refractivity contribution is -0.120. The third-order valence-corrected chi connectivity index (χ3v) is 12.2. The normalized spacial score (nSPS) is 18.8. The fourth-order valence-electron chi connectivity index (χ4n) is 8.94. The van der Waals surface area contributed by atoms with E-state index in [0.717, 1.165) is 74.7 Å². The number of nitrogens with zero attached hydrogens (tertiary/aromatic N) is 13. The smallest absolute Gasteiger partial charge is 0.249 e. The van der Waals surface area contributed by atoms with Gasteiger partial charge in [0.05, 0.1) is 24.8 Å². The molecule has 0 bridgehead atoms. The average Bonchev–Trinajstić information content (AvgIpc) is 4.16. The first-order valence-electron chi connectivity index (χ1n) is 21.4. The van der Waals surface area contributed by atoms with Crippen molar-refractivity contribution >= 4 is 46.4 Å². The van der Waals surface area contributed by atoms with Gasteiger partial charge in [-0.15, -0.1) is 0 Å². The van der Waals surface area contributed by atoms with Crippen LogP contribution in [0.15, 0.2) is 73.8 Å². The summed E-state index contributed by atoms with van der Waals surface area (Å²) in [7, 11) is 3.57. The van der Waals surface area contributed by atoms with Crippen molar-refractivity contribution in [1.29, 1.82) is 0 Å². The summed E-state index contributed by atoms with van der Waals surface area (Å²) in [6.45, 7) is 4.09. The van der Waals surface area contributed by atoms with Crippen LogP contribution in [0, 0.1) is 11.6 Å². The lowest BCUT2D eigenvalue weighted by atomic mass is 10.0. The maximum atomic E-state index is 13.3. The van der Waals surface area contributed by atoms with Gasteiger partial charge < -0.3 is 24.6 Å². The van der Waals surface area contributed by atoms with E-state index in [-0.39, 0.29) is 35.0 Å². The van der Waals surface area contributed by atoms with E-state index in [1.807, 2.05) is 13.8 Å². The van der Waals surface area contributed by atoms with Gasteiger partial charge in [0, 0.05) is 51.0 Å². The van der Waals surface area contributed by atoms with Gasteiger partial charge in [-0.05, 0) is 74.4 Å². The molecule has 10 rings (SSSR count). The van der Waals surface area contributed by atoms with E-state index in [9.17, 15) is 18.4 Å². The van der Waals surface area contributed by atoms with Crippen LogP contribution in [0.25, 0.3) is 29.0 Å². The number of hydrogen-bond acceptors (Lipinski definition) is 12. The molecular weight excluding hydrogens is 830 g/mol. The second-order valence-electron chi connectivity index (χ2n) is 15.8. The summed E-state index contributed by atoms with van der Waals surface area (Å²) >= 11 is 5.97. The van der Waals surface area contributed by atoms with E-state index in [1.165, 1.54) is 25.0 Å². The van der Waals surface area contributed by atoms with Crippen molar-refractivity contribution in [3.8, 4) is 29.0 Å². The van der Waals surface area contributed by atoms with E-state index >= 15 is 0 Å². The number of carbonyl (C=O) groups excluding carboxylic acids is 2. The Kier molecular flexibility index (Phi) is 13.0. The number of imidazole rings is 2. The highest BCUT2D eigenvalue weighted by Crippen LogP contribution is 2.41. The third kappa shape index (κ3) is 8.81. The molecule has 63 heavy (non-hydrogen) atoms. The van der Waals surface area contributed by atoms with Gasteiger partial charge in [0.1, 0.15) is 46.5 Å². The fraction of sp³-hybridized carbons (Fsp3) is 0.409. The van der Waals surface area contributed by atoms with Gasteiger partial charge in [-0.25, -0.2) is 38.7 Å². The second kappa shape index (κ2) is 18.9. The van der Waals surface area contributed by atoms with Gasteiger partial charge in [0.15, 0.2) is 23.3 Å². The summed E-state index contributed by atoms with van der Waals surface area (Å²) in [4.78, 5) is 70.4. The van der Waals surface area contributed by atoms with E-state index in [4.69, 9.17) is 16.6 Å². The number of fused-ring (bicyclic) bond motifs is 2. The van der Waals surface area contributed by atoms with Crippen molar-refractivity contribution < 1.29 is 18.4 Å². The van der Waals surface area contributed by atoms with E-state index in [0.29, 0.717) is 53.2 Å². The highest BCUT2D eigenvalue weighted by atomic mass is 35.5. The SMILES string of the molecule is CC[C@@H]1C(=O)N(C)c2cnc(-n3ccnc3-c3ccc(F)cn3)nc2N1C1CCCC1.CC[C@@H]1C(=O)N(C)c2cnc(Cl)nc2N1C1CCCC1.Fc1ccc(-c2ncc[nH]2)nc1. The van der Waals surface area contributed by atoms with Gasteiger partial charge in [0.2, 0.25) is 23.0 Å². The Morgan fingerprint density at radius 3 is 1.71 bits per heavy atom. The minimum atomic E-state index is -0.405. The average molecular weight is 879 g/mol. The fourth-order valence-corrected chi connectivity index (χ4v) is 9.06. The molecule has 6 aromatic heterocycles. The summed E-state index contributed by atoms with van der Waals surface area (Å²) < 4.78 is 27.5. The predicted molar refractivity (Wildman–Crippen MR) is 236 cm³/mol. The predicted octanol–water partition coefficient (Wildman–Crippen LogP) is 7.61. The number of hydrogen-bond donors (Lipinski definition) is 1. The molecule has 2 atom stereocenters. The number of rotatable bonds is 7. The third-order valence-electron chi connectivity index (χ3n) is 12.1. The minimum Gasteiger partial charge on any atom is -0.343 e. The van der Waals surface area contributed by atoms with Crippen molar-refractivity contribution in [2.24, 2.45) is 0 Å². The Morgan fingerprint density at radius 1 is 0.667 bits per heavy atom. The minimum absolute atomic E-state index is 0.0806. The number of anilines is 4. The molecule has 19 heteroatoms. The largest absolute Gasteiger partial charge is 0.343 e. The number of aromatic amines is 1. The maximum absolute atomic E-state index is 13.3. The number of amides is 2. The van der Waals surface area contributed by atoms with Crippen LogP contribution in [0.2, 0.25) is 5.28 Å². The van der Waals surface area contributed by atoms with Crippen molar-refractivity contribution in [3.05, 3.63) is 90.8 Å². The molecule has 2 aliphatic heterocycles. The Labute approximate surface area is 368 Å². The van der Waals surface area contributed by atoms with Crippen molar-refractivity contribution in [1.82, 2.24) is 49.4 Å². The summed E-state index contributed by atoms with van der Waals surface area (Å²) in [6, 6.07) is 6.18. The maximum Gasteiger partial charge on any atom is 0.249 e. The highest BCUT2D eigenvalue weighted by molar-refractivity contribution is 6.28. The molecule has 328 valence electrons. The van der Waals surface area contributed by atoms with Crippen LogP contribution in [0.3, 0.4) is 0 Å². The van der Waals surface area contributed by atoms with Gasteiger partial charge in [-0.3, -0.25) is 14.2 Å². The number of aromatic nitrogens is 10. The molecule has 4 aliphatic rings. The number of halogens is 3. The summed E-state index contributed by atoms with van der Waals surface area (Å²) in [5.74, 6) is 2.66. The summed E-state index contributed by atoms with van der Waals surface area (Å²) in [6.07, 6.45) is 23.0. The molecule has 2 amide bonds. The molecular formula is C44H49ClF2N14O2. The second-order valence-corrected chi connectivity index (χ2v) is 16.2. The molecule has 0 spiro atoms. The van der Waals surface area contributed by atoms with Crippen LogP contribution in [-0.2, 0) is 9.59 Å². The van der Waals surface area contributed by atoms with Crippen LogP contribution in [0.4, 0.5) is 31.8 Å². The quantitative estimate of drug-likeness (QED) is 0.156. The number of H-pyrrole nitrogens is 1. The zero-order valence-corrected chi connectivity index (χ0v) is 36.3. The lowest BCUT2D eigenvalue weighted by Crippen LogP contribution is -2.55. The number of nitrogens with one attached hydrogen (secondary N) is 1. The first-order valence-corrected chi connectivity index (χ1v) is 21.7. The standard InChI is InChI=1S/C22H24FN7O.C14H19ClN4O.C8H6FN3/c1-3-17-21(31)28(2)18-13-26-22(27-20(18)30(17)15-6-4-5-7-15)29-11-10-24-19(29)16-9-8-14(23)12-25-16;1-3-10-13(20)18(2)11-8-16-14(15)17-12(11)19(10)9-6-4-5-7-9;9-6-1-2-7(12-5-6)8-10-3-4-11-8/h8-13,15,17H,3-7H2,1-2H3;8-10H,3-7H2,1-2H3;1-5H,(H,10,11)/t17-;10-;/m11./s1. The summed E-state index contributed by atoms with van der Waals surface area (Å²) in [5, 5.41) is 0.240. The Hall–Kier alpha value is -6.43. The highest BCUT2D eigenvalue weighted by Gasteiger charge is 2.42. The number of carbonyl (C=O) groups is 2. The topological polar surface area (TPSA) is 171 Å². The van der Waals surface area contributed by atoms with Crippen LogP contribution >= 0.6 is 11.6 Å². The van der Waals surface area contributed by atoms with Gasteiger partial charge >= 0.3 is 0 Å². The monoisotopic (exact) mass is 878 g/mol. The molecule has 2 fully saturated rings. The molecule has 1 N–H and O–H groups in total. The van der Waals surface area contributed by atoms with E-state index < -0.39 is 5.82 Å². The zero-order valence-electron chi connectivity index (χ0n) is 35.6. The summed E-state index contributed by atoms with van der Waals surface area (Å²) in [5.41, 5.74) is 2.64. The first kappa shape index (κ1) is 43.2. The molecule has 0 aromatic carbocycles. The molecule has 0 saturated heterocycles. The zero-order chi connectivity index (χ0) is 44.2. The molecule has 8 heterocycles. The molecule has 2 saturated carbocycles. The first-order chi connectivity index (χ1) is 30.6. The molecule has 0 radical (unpaired) electrons. The number of pyridine rings is 2. The van der Waals surface area contributed by atoms with Crippen LogP contribution in [0.5, 0.6) is 0 Å². The number of likely N-dealkylation sites (N-methyl/N-ethyl adjacent to an activating group) is 2. The molecule has 6 aromatic rings. The Bertz CT molecular complexity index is 2510. The van der Waals surface area contributed by atoms with Gasteiger partial charge in [-0.1, -0.05) is 39.5 Å². The van der Waals surface area contributed by atoms with Gasteiger partial charge in [-0.2, -0.15) is 9.97 Å². The lowest BCUT2D eigenvalue weighted by Gasteiger charge is -2.43. The van der Waals surface area contributed by atoms with E-state index in [1.54, 1.807) is 77.8 Å². The molecule has 2 aliphatic carbocycles. The van der Waals surface area contributed by atoms with Crippen LogP contribution < -0.4 is 19.6 Å². The Morgan fingerprint density at radius 2 is 1.21 bits per heavy atom. The van der Waals surface area contributed by atoms with Crippen molar-refractivity contribution in [3.63, 3.8) is 0 Å². The van der Waals surface area contributed by atoms with E-state index in [2.05, 4.69) is 49.7 Å².